The van der Waals surface area contributed by atoms with Crippen LogP contribution >= 0.6 is 0 Å². The van der Waals surface area contributed by atoms with Crippen LogP contribution in [-0.4, -0.2) is 54.3 Å². The molecule has 0 bridgehead atoms. The van der Waals surface area contributed by atoms with Crippen molar-refractivity contribution in [2.45, 2.75) is 19.9 Å². The molecule has 3 rings (SSSR count). The first-order valence-corrected chi connectivity index (χ1v) is 9.61. The molecule has 0 atom stereocenters. The van der Waals surface area contributed by atoms with E-state index in [1.54, 1.807) is 18.2 Å². The van der Waals surface area contributed by atoms with Crippen molar-refractivity contribution in [2.24, 2.45) is 0 Å². The van der Waals surface area contributed by atoms with E-state index in [-0.39, 0.29) is 30.5 Å². The van der Waals surface area contributed by atoms with Crippen LogP contribution in [0.15, 0.2) is 54.6 Å². The van der Waals surface area contributed by atoms with E-state index in [2.05, 4.69) is 17.0 Å². The van der Waals surface area contributed by atoms with E-state index in [1.807, 2.05) is 23.1 Å². The molecule has 1 aliphatic rings. The maximum Gasteiger partial charge on any atom is 0.224 e. The number of hydrogen-bond donors (Lipinski definition) is 0. The lowest BCUT2D eigenvalue weighted by atomic mass is 10.2. The number of amides is 2. The van der Waals surface area contributed by atoms with E-state index in [4.69, 9.17) is 0 Å². The van der Waals surface area contributed by atoms with Gasteiger partial charge in [-0.25, -0.2) is 4.39 Å². The van der Waals surface area contributed by atoms with Crippen LogP contribution in [0.2, 0.25) is 0 Å². The second kappa shape index (κ2) is 9.46. The number of halogens is 1. The zero-order chi connectivity index (χ0) is 19.9. The normalized spacial score (nSPS) is 14.7. The number of benzene rings is 2. The van der Waals surface area contributed by atoms with Crippen LogP contribution in [0, 0.1) is 5.82 Å². The predicted octanol–water partition coefficient (Wildman–Crippen LogP) is 2.91. The molecule has 0 spiro atoms. The number of para-hydroxylation sites is 1. The molecule has 0 aliphatic carbocycles. The summed E-state index contributed by atoms with van der Waals surface area (Å²) in [6.45, 7) is 5.44. The van der Waals surface area contributed by atoms with E-state index < -0.39 is 5.82 Å². The molecule has 1 heterocycles. The van der Waals surface area contributed by atoms with Gasteiger partial charge in [0, 0.05) is 52.6 Å². The summed E-state index contributed by atoms with van der Waals surface area (Å²) >= 11 is 0. The molecule has 1 aliphatic heterocycles. The minimum Gasteiger partial charge on any atom is -0.340 e. The van der Waals surface area contributed by atoms with Gasteiger partial charge >= 0.3 is 0 Å². The lowest BCUT2D eigenvalue weighted by Gasteiger charge is -2.35. The highest BCUT2D eigenvalue weighted by Gasteiger charge is 2.23. The molecule has 0 aromatic heterocycles. The lowest BCUT2D eigenvalue weighted by molar-refractivity contribution is -0.132. The van der Waals surface area contributed by atoms with Gasteiger partial charge in [0.15, 0.2) is 0 Å². The van der Waals surface area contributed by atoms with Gasteiger partial charge in [0.1, 0.15) is 5.82 Å². The molecular formula is C22H26FN3O2. The van der Waals surface area contributed by atoms with Crippen molar-refractivity contribution < 1.29 is 14.0 Å². The Morgan fingerprint density at radius 2 is 1.61 bits per heavy atom. The Hall–Kier alpha value is -2.73. The molecule has 0 N–H and O–H groups in total. The molecule has 0 unspecified atom stereocenters. The minimum absolute atomic E-state index is 0.00181. The zero-order valence-electron chi connectivity index (χ0n) is 16.2. The molecule has 28 heavy (non-hydrogen) atoms. The second-order valence-electron chi connectivity index (χ2n) is 7.01. The Labute approximate surface area is 165 Å². The Bertz CT molecular complexity index is 804. The van der Waals surface area contributed by atoms with Crippen molar-refractivity contribution in [3.8, 4) is 0 Å². The highest BCUT2D eigenvalue weighted by molar-refractivity contribution is 5.92. The summed E-state index contributed by atoms with van der Waals surface area (Å²) < 4.78 is 14.0. The van der Waals surface area contributed by atoms with Crippen LogP contribution < -0.4 is 4.90 Å². The molecule has 0 saturated carbocycles. The minimum atomic E-state index is -0.459. The van der Waals surface area contributed by atoms with Crippen LogP contribution in [0.5, 0.6) is 0 Å². The Balaban J connectivity index is 1.50. The summed E-state index contributed by atoms with van der Waals surface area (Å²) in [5.41, 5.74) is 1.49. The molecule has 2 aromatic carbocycles. The predicted molar refractivity (Wildman–Crippen MR) is 107 cm³/mol. The zero-order valence-corrected chi connectivity index (χ0v) is 16.2. The van der Waals surface area contributed by atoms with Crippen molar-refractivity contribution in [3.63, 3.8) is 0 Å². The van der Waals surface area contributed by atoms with E-state index in [0.717, 1.165) is 19.6 Å². The van der Waals surface area contributed by atoms with Gasteiger partial charge in [-0.15, -0.1) is 0 Å². The number of hydrogen-bond acceptors (Lipinski definition) is 3. The SMILES string of the molecule is CC(=O)N(CCC(=O)N1CCN(Cc2ccccc2)CC1)c1ccccc1F. The first-order valence-electron chi connectivity index (χ1n) is 9.61. The maximum atomic E-state index is 14.0. The van der Waals surface area contributed by atoms with Crippen LogP contribution in [0.3, 0.4) is 0 Å². The summed E-state index contributed by atoms with van der Waals surface area (Å²) in [5.74, 6) is -0.729. The quantitative estimate of drug-likeness (QED) is 0.770. The smallest absolute Gasteiger partial charge is 0.224 e. The summed E-state index contributed by atoms with van der Waals surface area (Å²) in [4.78, 5) is 30.0. The number of carbonyl (C=O) groups excluding carboxylic acids is 2. The molecule has 1 saturated heterocycles. The first-order chi connectivity index (χ1) is 13.5. The Morgan fingerprint density at radius 3 is 2.25 bits per heavy atom. The number of rotatable bonds is 6. The molecular weight excluding hydrogens is 357 g/mol. The standard InChI is InChI=1S/C22H26FN3O2/c1-18(27)26(21-10-6-5-9-20(21)23)12-11-22(28)25-15-13-24(14-16-25)17-19-7-3-2-4-8-19/h2-10H,11-17H2,1H3. The van der Waals surface area contributed by atoms with Gasteiger partial charge in [-0.2, -0.15) is 0 Å². The monoisotopic (exact) mass is 383 g/mol. The molecule has 2 amide bonds. The number of carbonyl (C=O) groups is 2. The lowest BCUT2D eigenvalue weighted by Crippen LogP contribution is -2.49. The first kappa shape index (κ1) is 20.0. The number of anilines is 1. The van der Waals surface area contributed by atoms with Gasteiger partial charge in [-0.1, -0.05) is 42.5 Å². The van der Waals surface area contributed by atoms with Gasteiger partial charge in [0.25, 0.3) is 0 Å². The van der Waals surface area contributed by atoms with Crippen molar-refractivity contribution in [2.75, 3.05) is 37.6 Å². The molecule has 5 nitrogen and oxygen atoms in total. The highest BCUT2D eigenvalue weighted by Crippen LogP contribution is 2.19. The second-order valence-corrected chi connectivity index (χ2v) is 7.01. The topological polar surface area (TPSA) is 43.9 Å². The van der Waals surface area contributed by atoms with Crippen LogP contribution in [0.4, 0.5) is 10.1 Å². The van der Waals surface area contributed by atoms with E-state index in [0.29, 0.717) is 13.1 Å². The Morgan fingerprint density at radius 1 is 0.964 bits per heavy atom. The van der Waals surface area contributed by atoms with Gasteiger partial charge in [-0.3, -0.25) is 14.5 Å². The van der Waals surface area contributed by atoms with E-state index in [1.165, 1.54) is 23.5 Å². The fourth-order valence-corrected chi connectivity index (χ4v) is 3.48. The van der Waals surface area contributed by atoms with Gasteiger partial charge in [-0.05, 0) is 17.7 Å². The van der Waals surface area contributed by atoms with Crippen molar-refractivity contribution >= 4 is 17.5 Å². The third kappa shape index (κ3) is 5.16. The van der Waals surface area contributed by atoms with Crippen molar-refractivity contribution in [1.82, 2.24) is 9.80 Å². The van der Waals surface area contributed by atoms with Gasteiger partial charge in [0.05, 0.1) is 5.69 Å². The van der Waals surface area contributed by atoms with Crippen molar-refractivity contribution in [3.05, 3.63) is 66.0 Å². The number of piperazine rings is 1. The van der Waals surface area contributed by atoms with E-state index >= 15 is 0 Å². The van der Waals surface area contributed by atoms with Gasteiger partial charge in [0.2, 0.25) is 11.8 Å². The fraction of sp³-hybridized carbons (Fsp3) is 0.364. The van der Waals surface area contributed by atoms with Crippen LogP contribution in [-0.2, 0) is 16.1 Å². The molecule has 1 fully saturated rings. The average Bonchev–Trinajstić information content (AvgIpc) is 2.70. The maximum absolute atomic E-state index is 14.0. The highest BCUT2D eigenvalue weighted by atomic mass is 19.1. The Kier molecular flexibility index (Phi) is 6.76. The number of nitrogens with zero attached hydrogens (tertiary/aromatic N) is 3. The molecule has 6 heteroatoms. The van der Waals surface area contributed by atoms with E-state index in [9.17, 15) is 14.0 Å². The summed E-state index contributed by atoms with van der Waals surface area (Å²) in [5, 5.41) is 0. The summed E-state index contributed by atoms with van der Waals surface area (Å²) in [7, 11) is 0. The fourth-order valence-electron chi connectivity index (χ4n) is 3.48. The summed E-state index contributed by atoms with van der Waals surface area (Å²) in [6.07, 6.45) is 0.187. The average molecular weight is 383 g/mol. The summed E-state index contributed by atoms with van der Waals surface area (Å²) in [6, 6.07) is 16.4. The largest absolute Gasteiger partial charge is 0.340 e. The van der Waals surface area contributed by atoms with Crippen LogP contribution in [0.1, 0.15) is 18.9 Å². The van der Waals surface area contributed by atoms with Crippen LogP contribution in [0.25, 0.3) is 0 Å². The molecule has 2 aromatic rings. The van der Waals surface area contributed by atoms with Gasteiger partial charge < -0.3 is 9.80 Å². The molecule has 0 radical (unpaired) electrons. The molecule has 148 valence electrons. The van der Waals surface area contributed by atoms with Crippen molar-refractivity contribution in [1.29, 1.82) is 0 Å². The third-order valence-corrected chi connectivity index (χ3v) is 5.05. The third-order valence-electron chi connectivity index (χ3n) is 5.05.